The van der Waals surface area contributed by atoms with Crippen molar-refractivity contribution in [3.05, 3.63) is 40.8 Å². The smallest absolute Gasteiger partial charge is 0.236 e. The predicted octanol–water partition coefficient (Wildman–Crippen LogP) is 2.10. The Morgan fingerprint density at radius 2 is 1.91 bits per heavy atom. The fourth-order valence-electron chi connectivity index (χ4n) is 2.67. The van der Waals surface area contributed by atoms with Crippen molar-refractivity contribution in [2.24, 2.45) is 5.92 Å². The number of carbonyl (C=O) groups excluding carboxylic acids is 1. The molecule has 1 fully saturated rings. The van der Waals surface area contributed by atoms with E-state index in [1.165, 1.54) is 14.6 Å². The summed E-state index contributed by atoms with van der Waals surface area (Å²) in [6.45, 7) is 2.72. The Kier molecular flexibility index (Phi) is 5.59. The molecule has 0 bridgehead atoms. The summed E-state index contributed by atoms with van der Waals surface area (Å²) in [5, 5.41) is 1.24. The topological polar surface area (TPSA) is 57.7 Å². The minimum absolute atomic E-state index is 0.00702. The van der Waals surface area contributed by atoms with E-state index in [4.69, 9.17) is 0 Å². The molecule has 0 unspecified atom stereocenters. The van der Waals surface area contributed by atoms with E-state index in [0.29, 0.717) is 13.0 Å². The number of hydrogen-bond acceptors (Lipinski definition) is 3. The first-order valence-corrected chi connectivity index (χ1v) is 9.26. The molecular weight excluding hydrogens is 312 g/mol. The van der Waals surface area contributed by atoms with Crippen molar-refractivity contribution in [1.29, 1.82) is 0 Å². The first-order chi connectivity index (χ1) is 10.8. The van der Waals surface area contributed by atoms with Crippen LogP contribution < -0.4 is 0 Å². The van der Waals surface area contributed by atoms with Gasteiger partial charge in [0.25, 0.3) is 0 Å². The average molecular weight is 336 g/mol. The van der Waals surface area contributed by atoms with Gasteiger partial charge in [-0.25, -0.2) is 8.42 Å². The molecule has 1 amide bonds. The molecule has 0 N–H and O–H groups in total. The van der Waals surface area contributed by atoms with Gasteiger partial charge in [-0.3, -0.25) is 4.79 Å². The number of carbonyl (C=O) groups is 1. The Labute approximate surface area is 138 Å². The van der Waals surface area contributed by atoms with E-state index in [1.807, 2.05) is 31.2 Å². The van der Waals surface area contributed by atoms with Gasteiger partial charge in [-0.2, -0.15) is 4.31 Å². The van der Waals surface area contributed by atoms with Gasteiger partial charge in [0.2, 0.25) is 15.9 Å². The van der Waals surface area contributed by atoms with Gasteiger partial charge in [-0.1, -0.05) is 29.8 Å². The molecule has 1 aromatic rings. The molecule has 1 aliphatic rings. The third kappa shape index (κ3) is 4.65. The fraction of sp³-hybridized carbons (Fsp3) is 0.471. The van der Waals surface area contributed by atoms with Gasteiger partial charge < -0.3 is 4.90 Å². The minimum Gasteiger partial charge on any atom is -0.349 e. The summed E-state index contributed by atoms with van der Waals surface area (Å²) in [5.41, 5.74) is 1.98. The van der Waals surface area contributed by atoms with Crippen LogP contribution in [0.15, 0.2) is 29.7 Å². The molecule has 5 nitrogen and oxygen atoms in total. The summed E-state index contributed by atoms with van der Waals surface area (Å²) >= 11 is 0. The van der Waals surface area contributed by atoms with Crippen molar-refractivity contribution in [3.63, 3.8) is 0 Å². The number of piperidine rings is 1. The zero-order valence-corrected chi connectivity index (χ0v) is 14.7. The van der Waals surface area contributed by atoms with Crippen LogP contribution in [0.2, 0.25) is 0 Å². The monoisotopic (exact) mass is 336 g/mol. The largest absolute Gasteiger partial charge is 0.349 e. The minimum atomic E-state index is -3.50. The second-order valence-corrected chi connectivity index (χ2v) is 8.01. The highest BCUT2D eigenvalue weighted by molar-refractivity contribution is 7.92. The van der Waals surface area contributed by atoms with Gasteiger partial charge >= 0.3 is 0 Å². The third-order valence-electron chi connectivity index (χ3n) is 4.04. The van der Waals surface area contributed by atoms with Crippen molar-refractivity contribution in [1.82, 2.24) is 9.21 Å². The summed E-state index contributed by atoms with van der Waals surface area (Å²) in [6.07, 6.45) is 3.05. The molecule has 0 saturated carbocycles. The quantitative estimate of drug-likeness (QED) is 0.846. The Bertz CT molecular complexity index is 678. The van der Waals surface area contributed by atoms with Crippen molar-refractivity contribution in [2.75, 3.05) is 27.2 Å². The zero-order valence-electron chi connectivity index (χ0n) is 13.9. The highest BCUT2D eigenvalue weighted by Gasteiger charge is 2.31. The molecule has 23 heavy (non-hydrogen) atoms. The van der Waals surface area contributed by atoms with Crippen LogP contribution >= 0.6 is 0 Å². The van der Waals surface area contributed by atoms with Crippen LogP contribution in [0.3, 0.4) is 0 Å². The Morgan fingerprint density at radius 1 is 1.26 bits per heavy atom. The molecule has 1 heterocycles. The van der Waals surface area contributed by atoms with Crippen LogP contribution in [-0.4, -0.2) is 50.7 Å². The normalized spacial score (nSPS) is 19.9. The van der Waals surface area contributed by atoms with Crippen molar-refractivity contribution in [2.45, 2.75) is 19.8 Å². The average Bonchev–Trinajstić information content (AvgIpc) is 2.53. The van der Waals surface area contributed by atoms with E-state index in [-0.39, 0.29) is 18.4 Å². The molecule has 126 valence electrons. The summed E-state index contributed by atoms with van der Waals surface area (Å²) < 4.78 is 26.4. The van der Waals surface area contributed by atoms with Crippen LogP contribution in [0.25, 0.3) is 6.08 Å². The number of benzene rings is 1. The van der Waals surface area contributed by atoms with E-state index in [1.54, 1.807) is 20.2 Å². The molecule has 0 aliphatic carbocycles. The van der Waals surface area contributed by atoms with Crippen molar-refractivity contribution in [3.8, 4) is 0 Å². The second-order valence-electron chi connectivity index (χ2n) is 6.19. The molecule has 6 heteroatoms. The summed E-state index contributed by atoms with van der Waals surface area (Å²) in [7, 11) is -0.0988. The lowest BCUT2D eigenvalue weighted by molar-refractivity contribution is -0.134. The molecule has 1 atom stereocenters. The summed E-state index contributed by atoms with van der Waals surface area (Å²) in [6, 6.07) is 7.66. The molecule has 2 rings (SSSR count). The molecule has 1 aromatic carbocycles. The molecular formula is C17H24N2O3S. The maximum atomic E-state index is 12.5. The van der Waals surface area contributed by atoms with E-state index in [0.717, 1.165) is 17.5 Å². The third-order valence-corrected chi connectivity index (χ3v) is 5.58. The van der Waals surface area contributed by atoms with E-state index < -0.39 is 10.0 Å². The summed E-state index contributed by atoms with van der Waals surface area (Å²) in [5.74, 6) is -0.256. The predicted molar refractivity (Wildman–Crippen MR) is 92.1 cm³/mol. The van der Waals surface area contributed by atoms with Gasteiger partial charge in [-0.15, -0.1) is 0 Å². The van der Waals surface area contributed by atoms with Gasteiger partial charge in [0.15, 0.2) is 0 Å². The van der Waals surface area contributed by atoms with Crippen LogP contribution in [0.4, 0.5) is 0 Å². The summed E-state index contributed by atoms with van der Waals surface area (Å²) in [4.78, 5) is 13.6. The molecule has 1 saturated heterocycles. The first kappa shape index (κ1) is 17.7. The van der Waals surface area contributed by atoms with E-state index in [9.17, 15) is 13.2 Å². The maximum Gasteiger partial charge on any atom is 0.236 e. The van der Waals surface area contributed by atoms with Gasteiger partial charge in [0.05, 0.1) is 5.92 Å². The number of amides is 1. The lowest BCUT2D eigenvalue weighted by Gasteiger charge is -2.31. The van der Waals surface area contributed by atoms with E-state index in [2.05, 4.69) is 0 Å². The molecule has 0 radical (unpaired) electrons. The fourth-order valence-corrected chi connectivity index (χ4v) is 3.94. The van der Waals surface area contributed by atoms with Crippen LogP contribution in [0, 0.1) is 12.8 Å². The molecule has 0 aromatic heterocycles. The highest BCUT2D eigenvalue weighted by Crippen LogP contribution is 2.21. The Balaban J connectivity index is 2.09. The second kappa shape index (κ2) is 7.27. The van der Waals surface area contributed by atoms with Gasteiger partial charge in [0.1, 0.15) is 0 Å². The van der Waals surface area contributed by atoms with Crippen LogP contribution in [0.5, 0.6) is 0 Å². The van der Waals surface area contributed by atoms with Gasteiger partial charge in [-0.05, 0) is 31.4 Å². The molecule has 1 aliphatic heterocycles. The number of rotatable bonds is 4. The van der Waals surface area contributed by atoms with Crippen molar-refractivity contribution >= 4 is 22.0 Å². The van der Waals surface area contributed by atoms with Crippen LogP contribution in [-0.2, 0) is 14.8 Å². The van der Waals surface area contributed by atoms with Crippen LogP contribution in [0.1, 0.15) is 24.0 Å². The van der Waals surface area contributed by atoms with E-state index >= 15 is 0 Å². The zero-order chi connectivity index (χ0) is 17.0. The Hall–Kier alpha value is -1.66. The molecule has 0 spiro atoms. The number of sulfonamides is 1. The maximum absolute atomic E-state index is 12.5. The number of aryl methyl sites for hydroxylation is 1. The lowest BCUT2D eigenvalue weighted by atomic mass is 9.98. The lowest BCUT2D eigenvalue weighted by Crippen LogP contribution is -2.44. The number of hydrogen-bond donors (Lipinski definition) is 0. The standard InChI is InChI=1S/C17H24N2O3S/c1-14-6-8-15(9-7-14)10-12-23(21,22)19-11-4-5-16(13-19)17(20)18(2)3/h6-10,12,16H,4-5,11,13H2,1-3H3/b12-10-/t16-/m1/s1. The number of nitrogens with zero attached hydrogens (tertiary/aromatic N) is 2. The SMILES string of the molecule is Cc1ccc(/C=C\S(=O)(=O)N2CCC[C@@H](C(=O)N(C)C)C2)cc1. The first-order valence-electron chi connectivity index (χ1n) is 7.75. The highest BCUT2D eigenvalue weighted by atomic mass is 32.2. The Morgan fingerprint density at radius 3 is 2.52 bits per heavy atom. The van der Waals surface area contributed by atoms with Crippen molar-refractivity contribution < 1.29 is 13.2 Å². The van der Waals surface area contributed by atoms with Gasteiger partial charge in [0, 0.05) is 32.6 Å².